The summed E-state index contributed by atoms with van der Waals surface area (Å²) in [6, 6.07) is 17.2. The lowest BCUT2D eigenvalue weighted by atomic mass is 10.0. The molecule has 0 aliphatic heterocycles. The van der Waals surface area contributed by atoms with Crippen LogP contribution < -0.4 is 10.1 Å². The van der Waals surface area contributed by atoms with Crippen molar-refractivity contribution in [3.05, 3.63) is 78.2 Å². The van der Waals surface area contributed by atoms with Gasteiger partial charge < -0.3 is 14.8 Å². The van der Waals surface area contributed by atoms with Crippen LogP contribution in [0.5, 0.6) is 5.75 Å². The van der Waals surface area contributed by atoms with Gasteiger partial charge >= 0.3 is 5.97 Å². The van der Waals surface area contributed by atoms with Crippen LogP contribution in [-0.4, -0.2) is 46.1 Å². The number of thioether (sulfide) groups is 1. The van der Waals surface area contributed by atoms with Gasteiger partial charge in [-0.1, -0.05) is 61.5 Å². The summed E-state index contributed by atoms with van der Waals surface area (Å²) in [6.45, 7) is 7.15. The maximum atomic E-state index is 12.9. The Morgan fingerprint density at radius 1 is 1.10 bits per heavy atom. The average Bonchev–Trinajstić information content (AvgIpc) is 3.57. The Bertz CT molecular complexity index is 1420. The second kappa shape index (κ2) is 13.8. The van der Waals surface area contributed by atoms with Crippen LogP contribution in [0, 0.1) is 0 Å². The number of aromatic nitrogens is 3. The highest BCUT2D eigenvalue weighted by molar-refractivity contribution is 7.99. The molecule has 0 atom stereocenters. The Labute approximate surface area is 236 Å². The number of benzene rings is 2. The van der Waals surface area contributed by atoms with Gasteiger partial charge in [0.15, 0.2) is 11.0 Å². The summed E-state index contributed by atoms with van der Waals surface area (Å²) < 4.78 is 12.7. The highest BCUT2D eigenvalue weighted by atomic mass is 32.2. The number of amides is 1. The quantitative estimate of drug-likeness (QED) is 0.0854. The van der Waals surface area contributed by atoms with Gasteiger partial charge in [-0.05, 0) is 36.2 Å². The smallest absolute Gasteiger partial charge is 0.341 e. The van der Waals surface area contributed by atoms with Crippen LogP contribution in [0.15, 0.2) is 77.8 Å². The number of nitrogens with zero attached hydrogens (tertiary/aromatic N) is 3. The average molecular weight is 563 g/mol. The van der Waals surface area contributed by atoms with Crippen LogP contribution in [0.25, 0.3) is 22.5 Å². The fourth-order valence-corrected chi connectivity index (χ4v) is 5.54. The molecule has 2 heterocycles. The van der Waals surface area contributed by atoms with Crippen LogP contribution in [0.4, 0.5) is 5.00 Å². The standard InChI is InChI=1S/C29H30N4O4S2/c1-4-6-17-37-22-14-12-21(13-15-22)26-31-32-29(33(26)16-5-2)39-19-24(34)30-27-25(28(35)36-3)23(18-38-27)20-10-8-7-9-11-20/h5,7-15,18H,2,4,6,16-17,19H2,1,3H3,(H,30,34). The number of hydrogen-bond donors (Lipinski definition) is 1. The van der Waals surface area contributed by atoms with Crippen molar-refractivity contribution in [3.8, 4) is 28.3 Å². The molecule has 1 N–H and O–H groups in total. The molecule has 0 radical (unpaired) electrons. The fourth-order valence-electron chi connectivity index (χ4n) is 3.81. The molecule has 0 saturated heterocycles. The molecule has 0 spiro atoms. The molecule has 39 heavy (non-hydrogen) atoms. The van der Waals surface area contributed by atoms with Gasteiger partial charge in [-0.25, -0.2) is 4.79 Å². The van der Waals surface area contributed by atoms with Crippen molar-refractivity contribution in [1.82, 2.24) is 14.8 Å². The molecule has 202 valence electrons. The second-order valence-corrected chi connectivity index (χ2v) is 10.3. The fraction of sp³-hybridized carbons (Fsp3) is 0.241. The van der Waals surface area contributed by atoms with Crippen molar-refractivity contribution in [2.45, 2.75) is 31.5 Å². The minimum Gasteiger partial charge on any atom is -0.494 e. The van der Waals surface area contributed by atoms with Crippen molar-refractivity contribution >= 4 is 40.0 Å². The van der Waals surface area contributed by atoms with Gasteiger partial charge in [0.1, 0.15) is 16.3 Å². The number of anilines is 1. The molecule has 0 saturated carbocycles. The van der Waals surface area contributed by atoms with Crippen molar-refractivity contribution < 1.29 is 19.1 Å². The summed E-state index contributed by atoms with van der Waals surface area (Å²) in [6.07, 6.45) is 3.85. The van der Waals surface area contributed by atoms with E-state index < -0.39 is 5.97 Å². The number of ether oxygens (including phenoxy) is 2. The molecule has 4 rings (SSSR count). The molecule has 2 aromatic heterocycles. The van der Waals surface area contributed by atoms with Gasteiger partial charge in [-0.3, -0.25) is 9.36 Å². The van der Waals surface area contributed by atoms with E-state index >= 15 is 0 Å². The summed E-state index contributed by atoms with van der Waals surface area (Å²) >= 11 is 2.55. The first-order valence-electron chi connectivity index (χ1n) is 12.5. The van der Waals surface area contributed by atoms with Gasteiger partial charge in [0.25, 0.3) is 0 Å². The summed E-state index contributed by atoms with van der Waals surface area (Å²) in [7, 11) is 1.33. The Hall–Kier alpha value is -3.89. The van der Waals surface area contributed by atoms with Crippen molar-refractivity contribution in [3.63, 3.8) is 0 Å². The zero-order chi connectivity index (χ0) is 27.6. The molecule has 2 aromatic carbocycles. The Morgan fingerprint density at radius 3 is 2.56 bits per heavy atom. The topological polar surface area (TPSA) is 95.3 Å². The number of unbranched alkanes of at least 4 members (excludes halogenated alkanes) is 1. The molecule has 0 bridgehead atoms. The predicted octanol–water partition coefficient (Wildman–Crippen LogP) is 6.56. The lowest BCUT2D eigenvalue weighted by Gasteiger charge is -2.10. The van der Waals surface area contributed by atoms with E-state index in [0.29, 0.717) is 40.3 Å². The predicted molar refractivity (Wildman–Crippen MR) is 157 cm³/mol. The van der Waals surface area contributed by atoms with Crippen LogP contribution in [0.2, 0.25) is 0 Å². The number of nitrogens with one attached hydrogen (secondary N) is 1. The largest absolute Gasteiger partial charge is 0.494 e. The third-order valence-corrected chi connectivity index (χ3v) is 7.62. The number of allylic oxidation sites excluding steroid dienone is 1. The van der Waals surface area contributed by atoms with Crippen molar-refractivity contribution in [2.75, 3.05) is 24.8 Å². The van der Waals surface area contributed by atoms with E-state index in [9.17, 15) is 9.59 Å². The number of thiophene rings is 1. The van der Waals surface area contributed by atoms with E-state index in [1.165, 1.54) is 30.2 Å². The minimum absolute atomic E-state index is 0.0820. The Kier molecular flexibility index (Phi) is 9.93. The van der Waals surface area contributed by atoms with E-state index in [4.69, 9.17) is 9.47 Å². The molecule has 8 nitrogen and oxygen atoms in total. The summed E-state index contributed by atoms with van der Waals surface area (Å²) in [5.41, 5.74) is 2.81. The lowest BCUT2D eigenvalue weighted by molar-refractivity contribution is -0.113. The number of carbonyl (C=O) groups is 2. The van der Waals surface area contributed by atoms with Crippen molar-refractivity contribution in [2.24, 2.45) is 0 Å². The van der Waals surface area contributed by atoms with Gasteiger partial charge in [0.05, 0.1) is 19.5 Å². The molecule has 0 fully saturated rings. The SMILES string of the molecule is C=CCn1c(SCC(=O)Nc2scc(-c3ccccc3)c2C(=O)OC)nnc1-c1ccc(OCCCC)cc1. The first-order chi connectivity index (χ1) is 19.0. The highest BCUT2D eigenvalue weighted by Gasteiger charge is 2.23. The molecule has 1 amide bonds. The lowest BCUT2D eigenvalue weighted by Crippen LogP contribution is -2.16. The zero-order valence-corrected chi connectivity index (χ0v) is 23.5. The van der Waals surface area contributed by atoms with Crippen LogP contribution in [0.1, 0.15) is 30.1 Å². The number of carbonyl (C=O) groups excluding carboxylic acids is 2. The van der Waals surface area contributed by atoms with E-state index in [1.807, 2.05) is 64.5 Å². The van der Waals surface area contributed by atoms with Gasteiger partial charge in [-0.15, -0.1) is 28.1 Å². The van der Waals surface area contributed by atoms with E-state index in [-0.39, 0.29) is 11.7 Å². The molecule has 0 aliphatic carbocycles. The number of methoxy groups -OCH3 is 1. The van der Waals surface area contributed by atoms with Crippen LogP contribution in [0.3, 0.4) is 0 Å². The zero-order valence-electron chi connectivity index (χ0n) is 21.9. The molecule has 10 heteroatoms. The Morgan fingerprint density at radius 2 is 1.87 bits per heavy atom. The van der Waals surface area contributed by atoms with E-state index in [2.05, 4.69) is 29.0 Å². The maximum absolute atomic E-state index is 12.9. The first kappa shape index (κ1) is 28.1. The van der Waals surface area contributed by atoms with Crippen LogP contribution >= 0.6 is 23.1 Å². The van der Waals surface area contributed by atoms with Gasteiger partial charge in [0, 0.05) is 23.1 Å². The monoisotopic (exact) mass is 562 g/mol. The molecule has 4 aromatic rings. The molecule has 0 aliphatic rings. The molecule has 0 unspecified atom stereocenters. The van der Waals surface area contributed by atoms with Crippen molar-refractivity contribution in [1.29, 1.82) is 0 Å². The summed E-state index contributed by atoms with van der Waals surface area (Å²) in [4.78, 5) is 25.5. The number of hydrogen-bond acceptors (Lipinski definition) is 8. The van der Waals surface area contributed by atoms with Gasteiger partial charge in [0.2, 0.25) is 5.91 Å². The first-order valence-corrected chi connectivity index (χ1v) is 14.4. The van der Waals surface area contributed by atoms with Gasteiger partial charge in [-0.2, -0.15) is 0 Å². The van der Waals surface area contributed by atoms with E-state index in [1.54, 1.807) is 6.08 Å². The summed E-state index contributed by atoms with van der Waals surface area (Å²) in [5, 5.41) is 14.4. The Balaban J connectivity index is 1.46. The molecular formula is C29H30N4O4S2. The normalized spacial score (nSPS) is 10.7. The third kappa shape index (κ3) is 6.96. The van der Waals surface area contributed by atoms with Crippen LogP contribution in [-0.2, 0) is 16.1 Å². The number of rotatable bonds is 13. The second-order valence-electron chi connectivity index (χ2n) is 8.48. The molecular weight excluding hydrogens is 532 g/mol. The highest BCUT2D eigenvalue weighted by Crippen LogP contribution is 2.36. The maximum Gasteiger partial charge on any atom is 0.341 e. The van der Waals surface area contributed by atoms with E-state index in [0.717, 1.165) is 29.7 Å². The third-order valence-electron chi connectivity index (χ3n) is 5.76. The minimum atomic E-state index is -0.504. The number of esters is 1. The summed E-state index contributed by atoms with van der Waals surface area (Å²) in [5.74, 6) is 0.795.